The Morgan fingerprint density at radius 2 is 1.47 bits per heavy atom. The molecule has 13 nitrogen and oxygen atoms in total. The van der Waals surface area contributed by atoms with Gasteiger partial charge in [0.05, 0.1) is 29.4 Å². The smallest absolute Gasteiger partial charge is 0.408 e. The molecule has 5 heterocycles. The van der Waals surface area contributed by atoms with Gasteiger partial charge in [-0.1, -0.05) is 18.2 Å². The first-order valence-corrected chi connectivity index (χ1v) is 16.8. The highest BCUT2D eigenvalue weighted by Gasteiger charge is 2.27. The lowest BCUT2D eigenvalue weighted by molar-refractivity contribution is -0.120. The predicted molar refractivity (Wildman–Crippen MR) is 196 cm³/mol. The van der Waals surface area contributed by atoms with Gasteiger partial charge in [-0.05, 0) is 76.6 Å². The van der Waals surface area contributed by atoms with Gasteiger partial charge in [0, 0.05) is 78.8 Å². The summed E-state index contributed by atoms with van der Waals surface area (Å²) in [7, 11) is 0. The summed E-state index contributed by atoms with van der Waals surface area (Å²) in [6.07, 6.45) is 8.91. The van der Waals surface area contributed by atoms with Crippen LogP contribution in [0.2, 0.25) is 0 Å². The number of amides is 1. The second-order valence-electron chi connectivity index (χ2n) is 12.8. The van der Waals surface area contributed by atoms with E-state index in [1.165, 1.54) is 4.57 Å². The maximum absolute atomic E-state index is 13.6. The molecule has 6 aromatic rings. The van der Waals surface area contributed by atoms with Crippen LogP contribution in [0.1, 0.15) is 45.9 Å². The Bertz CT molecular complexity index is 2090. The van der Waals surface area contributed by atoms with Crippen LogP contribution in [0.5, 0.6) is 0 Å². The van der Waals surface area contributed by atoms with Crippen LogP contribution >= 0.6 is 0 Å². The Morgan fingerprint density at radius 1 is 0.882 bits per heavy atom. The SMILES string of the molecule is CCn1nc(-c2ccncc2)cc1CC(=O)[C@H](Cc1cn(C=O)c2ccccc12)NC(=O)OC(C)(C)C.CCn1nc(-c2ccncc2)cc1N. The number of aromatic nitrogens is 7. The third-order valence-corrected chi connectivity index (χ3v) is 8.02. The fraction of sp³-hybridized carbons (Fsp3) is 0.289. The minimum absolute atomic E-state index is 0.0682. The quantitative estimate of drug-likeness (QED) is 0.161. The lowest BCUT2D eigenvalue weighted by Gasteiger charge is -2.23. The number of nitrogen functional groups attached to an aromatic ring is 1. The molecular weight excluding hydrogens is 646 g/mol. The number of pyridine rings is 2. The topological polar surface area (TPSA) is 165 Å². The summed E-state index contributed by atoms with van der Waals surface area (Å²) < 4.78 is 10.5. The van der Waals surface area contributed by atoms with Crippen LogP contribution < -0.4 is 11.1 Å². The predicted octanol–water partition coefficient (Wildman–Crippen LogP) is 5.75. The van der Waals surface area contributed by atoms with Gasteiger partial charge in [-0.2, -0.15) is 10.2 Å². The number of rotatable bonds is 11. The van der Waals surface area contributed by atoms with Gasteiger partial charge < -0.3 is 15.8 Å². The molecule has 3 N–H and O–H groups in total. The number of hydrogen-bond acceptors (Lipinski definition) is 9. The van der Waals surface area contributed by atoms with Crippen molar-refractivity contribution in [3.63, 3.8) is 0 Å². The van der Waals surface area contributed by atoms with Crippen LogP contribution in [0.4, 0.5) is 10.6 Å². The molecular formula is C38H43N9O4. The van der Waals surface area contributed by atoms with Gasteiger partial charge in [0.1, 0.15) is 11.4 Å². The summed E-state index contributed by atoms with van der Waals surface area (Å²) in [5, 5.41) is 12.6. The zero-order valence-electron chi connectivity index (χ0n) is 29.5. The third kappa shape index (κ3) is 9.12. The number of ether oxygens (including phenoxy) is 1. The molecule has 1 amide bonds. The number of benzene rings is 1. The van der Waals surface area contributed by atoms with Crippen molar-refractivity contribution in [1.82, 2.24) is 39.4 Å². The Morgan fingerprint density at radius 3 is 2.04 bits per heavy atom. The molecule has 1 aromatic carbocycles. The van der Waals surface area contributed by atoms with Gasteiger partial charge in [-0.25, -0.2) is 9.48 Å². The molecule has 0 saturated carbocycles. The van der Waals surface area contributed by atoms with Crippen molar-refractivity contribution in [2.45, 2.75) is 72.2 Å². The van der Waals surface area contributed by atoms with E-state index >= 15 is 0 Å². The molecule has 0 aliphatic rings. The number of Topliss-reactive ketones (excluding diaryl/α,β-unsaturated/α-hetero) is 1. The monoisotopic (exact) mass is 689 g/mol. The maximum Gasteiger partial charge on any atom is 0.408 e. The van der Waals surface area contributed by atoms with E-state index in [0.717, 1.165) is 57.6 Å². The van der Waals surface area contributed by atoms with Gasteiger partial charge in [0.25, 0.3) is 0 Å². The highest BCUT2D eigenvalue weighted by molar-refractivity contribution is 5.92. The molecule has 5 aromatic heterocycles. The van der Waals surface area contributed by atoms with E-state index in [1.54, 1.807) is 61.1 Å². The Kier molecular flexibility index (Phi) is 11.4. The van der Waals surface area contributed by atoms with E-state index < -0.39 is 17.7 Å². The third-order valence-electron chi connectivity index (χ3n) is 8.02. The first kappa shape index (κ1) is 36.2. The molecule has 1 atom stereocenters. The lowest BCUT2D eigenvalue weighted by atomic mass is 9.99. The number of fused-ring (bicyclic) bond motifs is 1. The highest BCUT2D eigenvalue weighted by atomic mass is 16.6. The molecule has 51 heavy (non-hydrogen) atoms. The van der Waals surface area contributed by atoms with Gasteiger partial charge in [0.15, 0.2) is 5.78 Å². The van der Waals surface area contributed by atoms with Gasteiger partial charge in [-0.15, -0.1) is 0 Å². The molecule has 0 bridgehead atoms. The number of ketones is 1. The van der Waals surface area contributed by atoms with Crippen LogP contribution in [0.3, 0.4) is 0 Å². The number of nitrogens with two attached hydrogens (primary N) is 1. The summed E-state index contributed by atoms with van der Waals surface area (Å²) >= 11 is 0. The molecule has 0 aliphatic carbocycles. The summed E-state index contributed by atoms with van der Waals surface area (Å²) in [6.45, 7) is 10.6. The molecule has 13 heteroatoms. The van der Waals surface area contributed by atoms with E-state index in [9.17, 15) is 14.4 Å². The summed E-state index contributed by atoms with van der Waals surface area (Å²) in [5.74, 6) is 0.504. The van der Waals surface area contributed by atoms with Crippen molar-refractivity contribution < 1.29 is 19.1 Å². The molecule has 0 radical (unpaired) electrons. The van der Waals surface area contributed by atoms with Crippen molar-refractivity contribution in [2.75, 3.05) is 5.73 Å². The van der Waals surface area contributed by atoms with Crippen LogP contribution in [0.15, 0.2) is 91.6 Å². The molecule has 0 aliphatic heterocycles. The number of nitrogens with one attached hydrogen (secondary N) is 1. The first-order chi connectivity index (χ1) is 24.5. The van der Waals surface area contributed by atoms with E-state index in [0.29, 0.717) is 12.4 Å². The number of aryl methyl sites for hydroxylation is 2. The lowest BCUT2D eigenvalue weighted by Crippen LogP contribution is -2.45. The van der Waals surface area contributed by atoms with Crippen LogP contribution in [-0.4, -0.2) is 64.0 Å². The van der Waals surface area contributed by atoms with Crippen molar-refractivity contribution in [2.24, 2.45) is 0 Å². The van der Waals surface area contributed by atoms with E-state index in [2.05, 4.69) is 25.5 Å². The minimum Gasteiger partial charge on any atom is -0.444 e. The number of alkyl carbamates (subject to hydrolysis) is 1. The Hall–Kier alpha value is -6.11. The van der Waals surface area contributed by atoms with Crippen LogP contribution in [0, 0.1) is 0 Å². The van der Waals surface area contributed by atoms with Crippen molar-refractivity contribution in [3.05, 3.63) is 103 Å². The first-order valence-electron chi connectivity index (χ1n) is 16.8. The summed E-state index contributed by atoms with van der Waals surface area (Å²) in [5.41, 5.74) is 10.9. The van der Waals surface area contributed by atoms with Gasteiger partial charge in [0.2, 0.25) is 6.41 Å². The van der Waals surface area contributed by atoms with Gasteiger partial charge >= 0.3 is 6.09 Å². The largest absolute Gasteiger partial charge is 0.444 e. The number of nitrogens with zero attached hydrogens (tertiary/aromatic N) is 7. The van der Waals surface area contributed by atoms with Crippen LogP contribution in [-0.2, 0) is 40.3 Å². The molecule has 0 spiro atoms. The van der Waals surface area contributed by atoms with Crippen molar-refractivity contribution in [1.29, 1.82) is 0 Å². The van der Waals surface area contributed by atoms with E-state index in [-0.39, 0.29) is 18.6 Å². The normalized spacial score (nSPS) is 11.8. The van der Waals surface area contributed by atoms with E-state index in [4.69, 9.17) is 10.5 Å². The zero-order valence-corrected chi connectivity index (χ0v) is 29.5. The number of carbonyl (C=O) groups is 3. The second kappa shape index (κ2) is 16.1. The van der Waals surface area contributed by atoms with E-state index in [1.807, 2.05) is 74.5 Å². The fourth-order valence-corrected chi connectivity index (χ4v) is 5.63. The second-order valence-corrected chi connectivity index (χ2v) is 12.8. The molecule has 0 fully saturated rings. The number of para-hydroxylation sites is 1. The Balaban J connectivity index is 0.000000299. The Labute approximate surface area is 296 Å². The average Bonchev–Trinajstić information content (AvgIpc) is 3.82. The summed E-state index contributed by atoms with van der Waals surface area (Å²) in [4.78, 5) is 45.9. The van der Waals surface area contributed by atoms with Crippen molar-refractivity contribution in [3.8, 4) is 22.5 Å². The number of carbonyl (C=O) groups excluding carboxylic acids is 3. The summed E-state index contributed by atoms with van der Waals surface area (Å²) in [6, 6.07) is 17.9. The van der Waals surface area contributed by atoms with Crippen LogP contribution in [0.25, 0.3) is 33.4 Å². The molecule has 264 valence electrons. The standard InChI is InChI=1S/C28H31N5O4.C10H12N4/c1-5-33-21(15-23(31-33)19-10-12-29-13-11-19)16-26(35)24(30-27(36)37-28(2,3)4)14-20-17-32(18-34)25-9-7-6-8-22(20)25;1-2-14-10(11)7-9(13-14)8-3-5-12-6-4-8/h6-13,15,17-18,24H,5,14,16H2,1-4H3,(H,30,36);3-7H,2,11H2,1H3/t24-;/m0./s1. The average molecular weight is 690 g/mol. The zero-order chi connectivity index (χ0) is 36.5. The number of hydrogen-bond donors (Lipinski definition) is 2. The maximum atomic E-state index is 13.6. The molecule has 0 unspecified atom stereocenters. The highest BCUT2D eigenvalue weighted by Crippen LogP contribution is 2.24. The van der Waals surface area contributed by atoms with Crippen molar-refractivity contribution >= 4 is 35.0 Å². The molecule has 0 saturated heterocycles. The molecule has 6 rings (SSSR count). The fourth-order valence-electron chi connectivity index (χ4n) is 5.63. The minimum atomic E-state index is -0.870. The number of anilines is 1. The van der Waals surface area contributed by atoms with Gasteiger partial charge in [-0.3, -0.25) is 28.8 Å².